The average Bonchev–Trinajstić information content (AvgIpc) is 2.75. The predicted octanol–water partition coefficient (Wildman–Crippen LogP) is 5.62. The molecule has 1 aromatic heterocycles. The lowest BCUT2D eigenvalue weighted by atomic mass is 10.1. The first-order valence-electron chi connectivity index (χ1n) is 9.25. The highest BCUT2D eigenvalue weighted by molar-refractivity contribution is 6.31. The molecule has 158 valence electrons. The van der Waals surface area contributed by atoms with Crippen molar-refractivity contribution >= 4 is 58.0 Å². The third-order valence-corrected chi connectivity index (χ3v) is 5.15. The van der Waals surface area contributed by atoms with Crippen LogP contribution in [-0.2, 0) is 0 Å². The first kappa shape index (κ1) is 20.9. The van der Waals surface area contributed by atoms with E-state index in [9.17, 15) is 14.0 Å². The van der Waals surface area contributed by atoms with Gasteiger partial charge in [0.2, 0.25) is 0 Å². The van der Waals surface area contributed by atoms with Crippen LogP contribution in [0.5, 0.6) is 0 Å². The number of carbonyl (C=O) groups excluding carboxylic acids is 2. The van der Waals surface area contributed by atoms with Crippen LogP contribution < -0.4 is 20.4 Å². The van der Waals surface area contributed by atoms with Gasteiger partial charge in [0.05, 0.1) is 16.4 Å². The molecule has 0 spiro atoms. The van der Waals surface area contributed by atoms with Crippen LogP contribution in [0.4, 0.5) is 36.7 Å². The maximum Gasteiger partial charge on any atom is 0.326 e. The number of nitrogens with one attached hydrogen (secondary N) is 2. The van der Waals surface area contributed by atoms with Crippen LogP contribution in [0.3, 0.4) is 0 Å². The number of hydrogen-bond donors (Lipinski definition) is 2. The van der Waals surface area contributed by atoms with Gasteiger partial charge in [0.1, 0.15) is 11.0 Å². The number of aromatic nitrogens is 1. The molecule has 10 heteroatoms. The van der Waals surface area contributed by atoms with Crippen LogP contribution in [0, 0.1) is 5.82 Å². The molecular weight excluding hydrogens is 444 g/mol. The molecule has 3 aromatic rings. The number of para-hydroxylation sites is 2. The number of anilines is 4. The fraction of sp³-hybridized carbons (Fsp3) is 0.0952. The fourth-order valence-corrected chi connectivity index (χ4v) is 3.57. The standard InChI is InChI=1S/C21H16Cl2FN5O2/c22-15-11-13(5-6-16(15)24)26-20(30)28-9-10-29(18-4-2-1-3-17(18)28)21(31)27-14-7-8-25-19(23)12-14/h1-8,11-12H,9-10H2,(H,26,30)(H,25,27,31). The van der Waals surface area contributed by atoms with Gasteiger partial charge in [0.15, 0.2) is 0 Å². The molecule has 1 aliphatic rings. The van der Waals surface area contributed by atoms with E-state index in [1.54, 1.807) is 41.3 Å². The van der Waals surface area contributed by atoms with Crippen LogP contribution in [0.1, 0.15) is 0 Å². The van der Waals surface area contributed by atoms with E-state index in [0.29, 0.717) is 22.7 Å². The molecular formula is C21H16Cl2FN5O2. The van der Waals surface area contributed by atoms with Crippen molar-refractivity contribution in [2.24, 2.45) is 0 Å². The van der Waals surface area contributed by atoms with E-state index in [0.717, 1.165) is 0 Å². The molecule has 0 bridgehead atoms. The van der Waals surface area contributed by atoms with Gasteiger partial charge in [-0.25, -0.2) is 19.0 Å². The lowest BCUT2D eigenvalue weighted by Crippen LogP contribution is -2.49. The minimum Gasteiger partial charge on any atom is -0.307 e. The van der Waals surface area contributed by atoms with Crippen molar-refractivity contribution < 1.29 is 14.0 Å². The number of fused-ring (bicyclic) bond motifs is 1. The molecule has 4 rings (SSSR count). The highest BCUT2D eigenvalue weighted by atomic mass is 35.5. The van der Waals surface area contributed by atoms with Gasteiger partial charge in [-0.15, -0.1) is 0 Å². The molecule has 7 nitrogen and oxygen atoms in total. The molecule has 2 N–H and O–H groups in total. The average molecular weight is 460 g/mol. The Morgan fingerprint density at radius 3 is 2.00 bits per heavy atom. The summed E-state index contributed by atoms with van der Waals surface area (Å²) >= 11 is 11.7. The molecule has 0 saturated carbocycles. The van der Waals surface area contributed by atoms with Crippen LogP contribution >= 0.6 is 23.2 Å². The lowest BCUT2D eigenvalue weighted by molar-refractivity contribution is 0.253. The number of pyridine rings is 1. The molecule has 0 atom stereocenters. The predicted molar refractivity (Wildman–Crippen MR) is 120 cm³/mol. The summed E-state index contributed by atoms with van der Waals surface area (Å²) in [5, 5.41) is 5.67. The van der Waals surface area contributed by atoms with E-state index in [1.165, 1.54) is 29.3 Å². The number of benzene rings is 2. The number of hydrogen-bond acceptors (Lipinski definition) is 3. The van der Waals surface area contributed by atoms with Gasteiger partial charge in [0, 0.05) is 30.7 Å². The maximum absolute atomic E-state index is 13.4. The summed E-state index contributed by atoms with van der Waals surface area (Å²) < 4.78 is 13.4. The van der Waals surface area contributed by atoms with Gasteiger partial charge in [-0.1, -0.05) is 35.3 Å². The number of carbonyl (C=O) groups is 2. The number of urea groups is 2. The topological polar surface area (TPSA) is 77.6 Å². The summed E-state index contributed by atoms with van der Waals surface area (Å²) in [6, 6.07) is 13.4. The third kappa shape index (κ3) is 4.55. The van der Waals surface area contributed by atoms with Crippen molar-refractivity contribution in [2.45, 2.75) is 0 Å². The summed E-state index contributed by atoms with van der Waals surface area (Å²) in [5.74, 6) is -0.569. The maximum atomic E-state index is 13.4. The zero-order valence-electron chi connectivity index (χ0n) is 16.0. The normalized spacial score (nSPS) is 12.9. The second kappa shape index (κ2) is 8.79. The SMILES string of the molecule is O=C(Nc1ccnc(Cl)c1)N1CCN(C(=O)Nc2ccc(F)c(Cl)c2)c2ccccc21. The van der Waals surface area contributed by atoms with E-state index in [1.807, 2.05) is 0 Å². The first-order valence-corrected chi connectivity index (χ1v) is 10.0. The Hall–Kier alpha value is -3.36. The largest absolute Gasteiger partial charge is 0.326 e. The molecule has 2 aromatic carbocycles. The molecule has 2 heterocycles. The second-order valence-corrected chi connectivity index (χ2v) is 7.44. The Bertz CT molecular complexity index is 1160. The zero-order chi connectivity index (χ0) is 22.0. The fourth-order valence-electron chi connectivity index (χ4n) is 3.22. The van der Waals surface area contributed by atoms with E-state index in [-0.39, 0.29) is 29.3 Å². The lowest BCUT2D eigenvalue weighted by Gasteiger charge is -2.36. The molecule has 4 amide bonds. The van der Waals surface area contributed by atoms with Gasteiger partial charge in [-0.3, -0.25) is 9.80 Å². The zero-order valence-corrected chi connectivity index (χ0v) is 17.5. The Balaban J connectivity index is 1.54. The molecule has 0 aliphatic carbocycles. The molecule has 0 saturated heterocycles. The van der Waals surface area contributed by atoms with Crippen molar-refractivity contribution in [1.29, 1.82) is 0 Å². The number of amides is 4. The van der Waals surface area contributed by atoms with Crippen molar-refractivity contribution in [2.75, 3.05) is 33.5 Å². The molecule has 0 radical (unpaired) electrons. The number of rotatable bonds is 2. The molecule has 1 aliphatic heterocycles. The Kier molecular flexibility index (Phi) is 5.92. The van der Waals surface area contributed by atoms with Crippen LogP contribution in [0.25, 0.3) is 0 Å². The molecule has 0 fully saturated rings. The van der Waals surface area contributed by atoms with Gasteiger partial charge >= 0.3 is 12.1 Å². The second-order valence-electron chi connectivity index (χ2n) is 6.65. The van der Waals surface area contributed by atoms with Crippen molar-refractivity contribution in [3.8, 4) is 0 Å². The number of nitrogens with zero attached hydrogens (tertiary/aromatic N) is 3. The monoisotopic (exact) mass is 459 g/mol. The van der Waals surface area contributed by atoms with Gasteiger partial charge in [0.25, 0.3) is 0 Å². The van der Waals surface area contributed by atoms with Crippen molar-refractivity contribution in [1.82, 2.24) is 4.98 Å². The summed E-state index contributed by atoms with van der Waals surface area (Å²) in [4.78, 5) is 32.7. The Morgan fingerprint density at radius 1 is 0.871 bits per heavy atom. The van der Waals surface area contributed by atoms with E-state index < -0.39 is 11.8 Å². The minimum absolute atomic E-state index is 0.0871. The number of halogens is 3. The van der Waals surface area contributed by atoms with Crippen LogP contribution in [0.15, 0.2) is 60.8 Å². The van der Waals surface area contributed by atoms with Gasteiger partial charge < -0.3 is 10.6 Å². The minimum atomic E-state index is -0.569. The van der Waals surface area contributed by atoms with E-state index in [2.05, 4.69) is 15.6 Å². The summed E-state index contributed by atoms with van der Waals surface area (Å²) in [6.45, 7) is 0.515. The van der Waals surface area contributed by atoms with Crippen LogP contribution in [-0.4, -0.2) is 30.1 Å². The van der Waals surface area contributed by atoms with E-state index in [4.69, 9.17) is 23.2 Å². The summed E-state index contributed by atoms with van der Waals surface area (Å²) in [5.41, 5.74) is 2.00. The molecule has 31 heavy (non-hydrogen) atoms. The smallest absolute Gasteiger partial charge is 0.307 e. The quantitative estimate of drug-likeness (QED) is 0.488. The Morgan fingerprint density at radius 2 is 1.45 bits per heavy atom. The molecule has 0 unspecified atom stereocenters. The van der Waals surface area contributed by atoms with Crippen molar-refractivity contribution in [3.63, 3.8) is 0 Å². The highest BCUT2D eigenvalue weighted by Crippen LogP contribution is 2.34. The summed E-state index contributed by atoms with van der Waals surface area (Å²) in [6.07, 6.45) is 1.50. The summed E-state index contributed by atoms with van der Waals surface area (Å²) in [7, 11) is 0. The van der Waals surface area contributed by atoms with Crippen LogP contribution in [0.2, 0.25) is 10.2 Å². The van der Waals surface area contributed by atoms with E-state index >= 15 is 0 Å². The van der Waals surface area contributed by atoms with Gasteiger partial charge in [-0.05, 0) is 42.5 Å². The highest BCUT2D eigenvalue weighted by Gasteiger charge is 2.30. The Labute approximate surface area is 187 Å². The van der Waals surface area contributed by atoms with Gasteiger partial charge in [-0.2, -0.15) is 0 Å². The first-order chi connectivity index (χ1) is 14.9. The third-order valence-electron chi connectivity index (χ3n) is 4.65. The van der Waals surface area contributed by atoms with Crippen molar-refractivity contribution in [3.05, 3.63) is 76.8 Å².